The van der Waals surface area contributed by atoms with E-state index in [0.29, 0.717) is 13.0 Å². The first-order valence-corrected chi connectivity index (χ1v) is 5.32. The summed E-state index contributed by atoms with van der Waals surface area (Å²) in [5, 5.41) is 2.79. The van der Waals surface area contributed by atoms with Crippen LogP contribution >= 0.6 is 0 Å². The van der Waals surface area contributed by atoms with E-state index in [0.717, 1.165) is 19.4 Å². The lowest BCUT2D eigenvalue weighted by atomic mass is 10.1. The molecule has 0 aromatic heterocycles. The Morgan fingerprint density at radius 3 is 3.00 bits per heavy atom. The largest absolute Gasteiger partial charge is 0.378 e. The second-order valence-electron chi connectivity index (χ2n) is 3.97. The van der Waals surface area contributed by atoms with E-state index in [9.17, 15) is 4.79 Å². The molecule has 14 heavy (non-hydrogen) atoms. The fraction of sp³-hybridized carbons (Fsp3) is 0.900. The number of rotatable bonds is 4. The van der Waals surface area contributed by atoms with Crippen LogP contribution in [-0.2, 0) is 9.53 Å². The summed E-state index contributed by atoms with van der Waals surface area (Å²) >= 11 is 0. The predicted octanol–water partition coefficient (Wildman–Crippen LogP) is 0.409. The normalized spacial score (nSPS) is 24.3. The lowest BCUT2D eigenvalue weighted by Crippen LogP contribution is -2.37. The Morgan fingerprint density at radius 2 is 2.43 bits per heavy atom. The molecule has 4 heteroatoms. The van der Waals surface area contributed by atoms with Gasteiger partial charge in [-0.1, -0.05) is 0 Å². The summed E-state index contributed by atoms with van der Waals surface area (Å²) in [5.41, 5.74) is 5.53. The van der Waals surface area contributed by atoms with Crippen LogP contribution in [0.1, 0.15) is 32.6 Å². The minimum atomic E-state index is 0.0197. The molecule has 0 bridgehead atoms. The molecule has 1 aliphatic rings. The first kappa shape index (κ1) is 11.5. The lowest BCUT2D eigenvalue weighted by molar-refractivity contribution is -0.124. The summed E-state index contributed by atoms with van der Waals surface area (Å²) in [6.45, 7) is 3.22. The van der Waals surface area contributed by atoms with Crippen molar-refractivity contribution in [1.29, 1.82) is 0 Å². The molecular formula is C10H20N2O2. The van der Waals surface area contributed by atoms with Crippen LogP contribution in [0.2, 0.25) is 0 Å². The Balaban J connectivity index is 2.12. The highest BCUT2D eigenvalue weighted by molar-refractivity contribution is 5.76. The zero-order chi connectivity index (χ0) is 10.4. The number of amides is 1. The van der Waals surface area contributed by atoms with Gasteiger partial charge in [-0.25, -0.2) is 0 Å². The lowest BCUT2D eigenvalue weighted by Gasteiger charge is -2.22. The Hall–Kier alpha value is -0.610. The van der Waals surface area contributed by atoms with Gasteiger partial charge in [-0.15, -0.1) is 0 Å². The monoisotopic (exact) mass is 200 g/mol. The van der Waals surface area contributed by atoms with Crippen molar-refractivity contribution >= 4 is 5.91 Å². The quantitative estimate of drug-likeness (QED) is 0.691. The maximum atomic E-state index is 11.4. The van der Waals surface area contributed by atoms with Gasteiger partial charge in [0.1, 0.15) is 0 Å². The summed E-state index contributed by atoms with van der Waals surface area (Å²) in [4.78, 5) is 11.4. The van der Waals surface area contributed by atoms with Crippen LogP contribution in [0, 0.1) is 0 Å². The molecule has 2 unspecified atom stereocenters. The summed E-state index contributed by atoms with van der Waals surface area (Å²) in [7, 11) is 0. The van der Waals surface area contributed by atoms with Crippen LogP contribution in [-0.4, -0.2) is 31.2 Å². The molecule has 0 spiro atoms. The van der Waals surface area contributed by atoms with Crippen molar-refractivity contribution < 1.29 is 9.53 Å². The van der Waals surface area contributed by atoms with Crippen molar-refractivity contribution in [2.75, 3.05) is 13.2 Å². The van der Waals surface area contributed by atoms with Crippen molar-refractivity contribution in [3.63, 3.8) is 0 Å². The van der Waals surface area contributed by atoms with Crippen LogP contribution in [0.25, 0.3) is 0 Å². The molecule has 1 amide bonds. The molecule has 1 aliphatic heterocycles. The average Bonchev–Trinajstić information content (AvgIpc) is 2.16. The highest BCUT2D eigenvalue weighted by Crippen LogP contribution is 2.15. The molecule has 1 rings (SSSR count). The van der Waals surface area contributed by atoms with Gasteiger partial charge in [0.2, 0.25) is 5.91 Å². The number of ether oxygens (including phenoxy) is 1. The second kappa shape index (κ2) is 5.98. The minimum absolute atomic E-state index is 0.0197. The van der Waals surface area contributed by atoms with Gasteiger partial charge in [0.05, 0.1) is 12.5 Å². The van der Waals surface area contributed by atoms with Crippen LogP contribution in [0.4, 0.5) is 0 Å². The summed E-state index contributed by atoms with van der Waals surface area (Å²) in [6.07, 6.45) is 3.90. The molecule has 0 aliphatic carbocycles. The van der Waals surface area contributed by atoms with Gasteiger partial charge < -0.3 is 15.8 Å². The first-order chi connectivity index (χ1) is 6.68. The number of hydrogen-bond acceptors (Lipinski definition) is 3. The highest BCUT2D eigenvalue weighted by Gasteiger charge is 2.17. The third-order valence-corrected chi connectivity index (χ3v) is 2.31. The van der Waals surface area contributed by atoms with Crippen molar-refractivity contribution in [2.45, 2.75) is 44.8 Å². The Bertz CT molecular complexity index is 177. The van der Waals surface area contributed by atoms with E-state index in [-0.39, 0.29) is 18.1 Å². The molecule has 0 saturated carbocycles. The highest BCUT2D eigenvalue weighted by atomic mass is 16.5. The number of nitrogens with two attached hydrogens (primary N) is 1. The minimum Gasteiger partial charge on any atom is -0.378 e. The molecular weight excluding hydrogens is 180 g/mol. The Kier molecular flexibility index (Phi) is 4.90. The van der Waals surface area contributed by atoms with Crippen LogP contribution < -0.4 is 11.1 Å². The average molecular weight is 200 g/mol. The smallest absolute Gasteiger partial charge is 0.222 e. The Morgan fingerprint density at radius 1 is 1.64 bits per heavy atom. The third kappa shape index (κ3) is 4.58. The van der Waals surface area contributed by atoms with Gasteiger partial charge in [0.25, 0.3) is 0 Å². The van der Waals surface area contributed by atoms with Crippen LogP contribution in [0.3, 0.4) is 0 Å². The number of carbonyl (C=O) groups is 1. The van der Waals surface area contributed by atoms with Crippen molar-refractivity contribution in [1.82, 2.24) is 5.32 Å². The van der Waals surface area contributed by atoms with Gasteiger partial charge >= 0.3 is 0 Å². The fourth-order valence-electron chi connectivity index (χ4n) is 1.52. The van der Waals surface area contributed by atoms with E-state index in [2.05, 4.69) is 5.32 Å². The van der Waals surface area contributed by atoms with Crippen molar-refractivity contribution in [2.24, 2.45) is 5.73 Å². The molecule has 0 aromatic carbocycles. The van der Waals surface area contributed by atoms with Gasteiger partial charge in [-0.3, -0.25) is 4.79 Å². The maximum Gasteiger partial charge on any atom is 0.222 e. The van der Waals surface area contributed by atoms with E-state index in [1.54, 1.807) is 0 Å². The molecule has 1 fully saturated rings. The number of hydrogen-bond donors (Lipinski definition) is 2. The molecule has 2 atom stereocenters. The van der Waals surface area contributed by atoms with Crippen molar-refractivity contribution in [3.05, 3.63) is 0 Å². The molecule has 0 radical (unpaired) electrons. The molecule has 3 N–H and O–H groups in total. The number of carbonyl (C=O) groups excluding carboxylic acids is 1. The molecule has 1 heterocycles. The van der Waals surface area contributed by atoms with E-state index < -0.39 is 0 Å². The predicted molar refractivity (Wildman–Crippen MR) is 54.9 cm³/mol. The molecule has 4 nitrogen and oxygen atoms in total. The van der Waals surface area contributed by atoms with Gasteiger partial charge in [0.15, 0.2) is 0 Å². The van der Waals surface area contributed by atoms with Crippen LogP contribution in [0.15, 0.2) is 0 Å². The number of nitrogens with one attached hydrogen (secondary N) is 1. The zero-order valence-electron chi connectivity index (χ0n) is 8.79. The van der Waals surface area contributed by atoms with Gasteiger partial charge in [-0.2, -0.15) is 0 Å². The summed E-state index contributed by atoms with van der Waals surface area (Å²) in [5.74, 6) is 0.0502. The second-order valence-corrected chi connectivity index (χ2v) is 3.97. The zero-order valence-corrected chi connectivity index (χ0v) is 8.79. The molecule has 82 valence electrons. The molecule has 1 saturated heterocycles. The Labute approximate surface area is 85.2 Å². The van der Waals surface area contributed by atoms with E-state index in [4.69, 9.17) is 10.5 Å². The topological polar surface area (TPSA) is 64.3 Å². The maximum absolute atomic E-state index is 11.4. The first-order valence-electron chi connectivity index (χ1n) is 5.32. The SMILES string of the molecule is CC(N)CNC(=O)CC1CCCCO1. The summed E-state index contributed by atoms with van der Waals surface area (Å²) < 4.78 is 5.46. The standard InChI is InChI=1S/C10H20N2O2/c1-8(11)7-12-10(13)6-9-4-2-3-5-14-9/h8-9H,2-7,11H2,1H3,(H,12,13). The van der Waals surface area contributed by atoms with Crippen molar-refractivity contribution in [3.8, 4) is 0 Å². The van der Waals surface area contributed by atoms with E-state index in [1.165, 1.54) is 6.42 Å². The van der Waals surface area contributed by atoms with Gasteiger partial charge in [-0.05, 0) is 26.2 Å². The van der Waals surface area contributed by atoms with Crippen LogP contribution in [0.5, 0.6) is 0 Å². The fourth-order valence-corrected chi connectivity index (χ4v) is 1.52. The third-order valence-electron chi connectivity index (χ3n) is 2.31. The van der Waals surface area contributed by atoms with E-state index in [1.807, 2.05) is 6.92 Å². The molecule has 0 aromatic rings. The summed E-state index contributed by atoms with van der Waals surface area (Å²) in [6, 6.07) is 0.0197. The van der Waals surface area contributed by atoms with Gasteiger partial charge in [0, 0.05) is 19.2 Å². The van der Waals surface area contributed by atoms with E-state index >= 15 is 0 Å².